The minimum absolute atomic E-state index is 0.0527. The Balaban J connectivity index is 1.83. The van der Waals surface area contributed by atoms with E-state index < -0.39 is 23.5 Å². The van der Waals surface area contributed by atoms with Gasteiger partial charge in [0.25, 0.3) is 5.91 Å². The molecule has 1 atom stereocenters. The van der Waals surface area contributed by atoms with Crippen molar-refractivity contribution in [2.45, 2.75) is 69.1 Å². The first-order valence-corrected chi connectivity index (χ1v) is 8.70. The van der Waals surface area contributed by atoms with Crippen molar-refractivity contribution in [2.24, 2.45) is 0 Å². The molecule has 1 aliphatic heterocycles. The summed E-state index contributed by atoms with van der Waals surface area (Å²) in [6.45, 7) is 0.437. The first-order chi connectivity index (χ1) is 11.9. The van der Waals surface area contributed by atoms with Gasteiger partial charge < -0.3 is 14.7 Å². The van der Waals surface area contributed by atoms with Crippen molar-refractivity contribution in [3.05, 3.63) is 11.6 Å². The number of hydrogen-bond acceptors (Lipinski definition) is 5. The molecule has 3 rings (SSSR count). The number of aromatic nitrogens is 3. The molecule has 25 heavy (non-hydrogen) atoms. The number of hydrogen-bond donors (Lipinski definition) is 2. The van der Waals surface area contributed by atoms with E-state index in [-0.39, 0.29) is 26.0 Å². The smallest absolute Gasteiger partial charge is 0.352 e. The van der Waals surface area contributed by atoms with Crippen LogP contribution >= 0.6 is 0 Å². The first-order valence-electron chi connectivity index (χ1n) is 8.70. The summed E-state index contributed by atoms with van der Waals surface area (Å²) in [5.74, 6) is -4.32. The Labute approximate surface area is 144 Å². The number of H-pyrrole nitrogens is 1. The first kappa shape index (κ1) is 18.2. The lowest BCUT2D eigenvalue weighted by Gasteiger charge is -2.39. The predicted molar refractivity (Wildman–Crippen MR) is 83.8 cm³/mol. The van der Waals surface area contributed by atoms with E-state index in [9.17, 15) is 18.7 Å². The number of rotatable bonds is 5. The minimum atomic E-state index is -3.80. The Kier molecular flexibility index (Phi) is 5.06. The largest absolute Gasteiger partial charge is 0.383 e. The summed E-state index contributed by atoms with van der Waals surface area (Å²) in [6, 6.07) is -0.612. The summed E-state index contributed by atoms with van der Waals surface area (Å²) >= 11 is 0. The molecule has 9 heteroatoms. The van der Waals surface area contributed by atoms with Crippen LogP contribution in [-0.2, 0) is 16.1 Å². The van der Waals surface area contributed by atoms with Gasteiger partial charge in [-0.2, -0.15) is 13.9 Å². The molecule has 0 aromatic carbocycles. The highest BCUT2D eigenvalue weighted by Gasteiger charge is 2.61. The van der Waals surface area contributed by atoms with Crippen molar-refractivity contribution in [2.75, 3.05) is 13.7 Å². The molecule has 1 aliphatic carbocycles. The zero-order valence-corrected chi connectivity index (χ0v) is 14.3. The molecule has 140 valence electrons. The highest BCUT2D eigenvalue weighted by atomic mass is 19.3. The molecule has 0 bridgehead atoms. The number of nitrogens with zero attached hydrogens (tertiary/aromatic N) is 3. The van der Waals surface area contributed by atoms with Crippen LogP contribution in [-0.4, -0.2) is 56.3 Å². The molecule has 2 N–H and O–H groups in total. The van der Waals surface area contributed by atoms with Gasteiger partial charge in [-0.15, -0.1) is 0 Å². The van der Waals surface area contributed by atoms with Crippen LogP contribution in [0.5, 0.6) is 0 Å². The molecule has 1 saturated carbocycles. The number of carbonyl (C=O) groups is 1. The van der Waals surface area contributed by atoms with Crippen LogP contribution < -0.4 is 0 Å². The average molecular weight is 358 g/mol. The number of methoxy groups -OCH3 is 1. The maximum absolute atomic E-state index is 14.8. The summed E-state index contributed by atoms with van der Waals surface area (Å²) in [5, 5.41) is 17.1. The van der Waals surface area contributed by atoms with E-state index in [4.69, 9.17) is 4.74 Å². The maximum Gasteiger partial charge on any atom is 0.352 e. The van der Waals surface area contributed by atoms with Gasteiger partial charge in [-0.3, -0.25) is 9.89 Å². The Bertz CT molecular complexity index is 616. The summed E-state index contributed by atoms with van der Waals surface area (Å²) in [4.78, 5) is 18.1. The van der Waals surface area contributed by atoms with Crippen molar-refractivity contribution < 1.29 is 23.4 Å². The van der Waals surface area contributed by atoms with E-state index in [0.29, 0.717) is 37.3 Å². The van der Waals surface area contributed by atoms with Gasteiger partial charge >= 0.3 is 5.92 Å². The molecule has 0 spiro atoms. The fraction of sp³-hybridized carbons (Fsp3) is 0.812. The number of likely N-dealkylation sites (tertiary alicyclic amines) is 1. The van der Waals surface area contributed by atoms with E-state index in [2.05, 4.69) is 15.2 Å². The fourth-order valence-electron chi connectivity index (χ4n) is 3.76. The van der Waals surface area contributed by atoms with Crippen molar-refractivity contribution in [1.29, 1.82) is 0 Å². The van der Waals surface area contributed by atoms with Gasteiger partial charge in [0.15, 0.2) is 11.6 Å². The molecule has 1 aromatic rings. The van der Waals surface area contributed by atoms with E-state index in [0.717, 1.165) is 11.3 Å². The Morgan fingerprint density at radius 1 is 1.40 bits per heavy atom. The number of ether oxygens (including phenoxy) is 1. The van der Waals surface area contributed by atoms with Crippen molar-refractivity contribution in [3.8, 4) is 0 Å². The van der Waals surface area contributed by atoms with E-state index in [1.165, 1.54) is 7.11 Å². The molecule has 2 heterocycles. The number of aromatic amines is 1. The second-order valence-corrected chi connectivity index (χ2v) is 6.90. The third-order valence-corrected chi connectivity index (χ3v) is 5.18. The third-order valence-electron chi connectivity index (χ3n) is 5.18. The average Bonchev–Trinajstić information content (AvgIpc) is 3.25. The Morgan fingerprint density at radius 3 is 2.80 bits per heavy atom. The fourth-order valence-corrected chi connectivity index (χ4v) is 3.76. The van der Waals surface area contributed by atoms with Gasteiger partial charge in [0, 0.05) is 13.7 Å². The molecule has 7 nitrogen and oxygen atoms in total. The standard InChI is InChI=1S/C16H24F2N4O3/c1-25-10-12-19-13(21-20-12)11-6-2-5-9-22(11)14(23)16(17,18)15(24)7-3-4-8-15/h11,24H,2-10H2,1H3,(H,19,20,21)/t11-/m1/s1. The SMILES string of the molecule is COCc1nc([C@H]2CCCCN2C(=O)C(F)(F)C2(O)CCCC2)n[nH]1. The van der Waals surface area contributed by atoms with Gasteiger partial charge in [-0.1, -0.05) is 12.8 Å². The molecule has 1 amide bonds. The zero-order chi connectivity index (χ0) is 18.1. The molecule has 0 radical (unpaired) electrons. The number of alkyl halides is 2. The Morgan fingerprint density at radius 2 is 2.12 bits per heavy atom. The molecular formula is C16H24F2N4O3. The lowest BCUT2D eigenvalue weighted by Crippen LogP contribution is -2.58. The van der Waals surface area contributed by atoms with Gasteiger partial charge in [-0.05, 0) is 32.1 Å². The van der Waals surface area contributed by atoms with Crippen molar-refractivity contribution >= 4 is 5.91 Å². The monoisotopic (exact) mass is 358 g/mol. The maximum atomic E-state index is 14.8. The van der Waals surface area contributed by atoms with Gasteiger partial charge in [0.2, 0.25) is 0 Å². The van der Waals surface area contributed by atoms with Crippen LogP contribution in [0.4, 0.5) is 8.78 Å². The molecule has 1 aromatic heterocycles. The van der Waals surface area contributed by atoms with E-state index in [1.807, 2.05) is 0 Å². The Hall–Kier alpha value is -1.61. The number of halogens is 2. The van der Waals surface area contributed by atoms with Crippen LogP contribution in [0.15, 0.2) is 0 Å². The molecule has 2 fully saturated rings. The number of piperidine rings is 1. The molecular weight excluding hydrogens is 334 g/mol. The summed E-state index contributed by atoms with van der Waals surface area (Å²) < 4.78 is 34.6. The zero-order valence-electron chi connectivity index (χ0n) is 14.3. The number of aliphatic hydroxyl groups is 1. The van der Waals surface area contributed by atoms with Gasteiger partial charge in [0.1, 0.15) is 12.2 Å². The third kappa shape index (κ3) is 3.27. The van der Waals surface area contributed by atoms with Crippen LogP contribution in [0.1, 0.15) is 62.6 Å². The van der Waals surface area contributed by atoms with Crippen LogP contribution in [0, 0.1) is 0 Å². The molecule has 1 saturated heterocycles. The van der Waals surface area contributed by atoms with Crippen LogP contribution in [0.2, 0.25) is 0 Å². The normalized spacial score (nSPS) is 23.8. The number of nitrogens with one attached hydrogen (secondary N) is 1. The summed E-state index contributed by atoms with van der Waals surface area (Å²) in [7, 11) is 1.52. The van der Waals surface area contributed by atoms with Gasteiger partial charge in [0.05, 0.1) is 6.04 Å². The van der Waals surface area contributed by atoms with Crippen molar-refractivity contribution in [1.82, 2.24) is 20.1 Å². The number of amides is 1. The van der Waals surface area contributed by atoms with Gasteiger partial charge in [-0.25, -0.2) is 4.98 Å². The summed E-state index contributed by atoms with van der Waals surface area (Å²) in [5.41, 5.74) is -2.24. The predicted octanol–water partition coefficient (Wildman–Crippen LogP) is 1.95. The lowest BCUT2D eigenvalue weighted by atomic mass is 9.91. The lowest BCUT2D eigenvalue weighted by molar-refractivity contribution is -0.203. The van der Waals surface area contributed by atoms with Crippen molar-refractivity contribution in [3.63, 3.8) is 0 Å². The summed E-state index contributed by atoms with van der Waals surface area (Å²) in [6.07, 6.45) is 2.87. The van der Waals surface area contributed by atoms with Crippen LogP contribution in [0.3, 0.4) is 0 Å². The highest BCUT2D eigenvalue weighted by molar-refractivity contribution is 5.85. The number of carbonyl (C=O) groups excluding carboxylic acids is 1. The second kappa shape index (κ2) is 6.95. The molecule has 2 aliphatic rings. The minimum Gasteiger partial charge on any atom is -0.383 e. The van der Waals surface area contributed by atoms with E-state index >= 15 is 0 Å². The topological polar surface area (TPSA) is 91.3 Å². The highest BCUT2D eigenvalue weighted by Crippen LogP contribution is 2.44. The molecule has 0 unspecified atom stereocenters. The quantitative estimate of drug-likeness (QED) is 0.839. The van der Waals surface area contributed by atoms with E-state index in [1.54, 1.807) is 0 Å². The van der Waals surface area contributed by atoms with Crippen LogP contribution in [0.25, 0.3) is 0 Å². The second-order valence-electron chi connectivity index (χ2n) is 6.90.